The van der Waals surface area contributed by atoms with E-state index < -0.39 is 11.9 Å². The van der Waals surface area contributed by atoms with Crippen molar-refractivity contribution in [2.45, 2.75) is 76.0 Å². The highest BCUT2D eigenvalue weighted by molar-refractivity contribution is 5.95. The maximum absolute atomic E-state index is 12.6. The topological polar surface area (TPSA) is 93.9 Å². The van der Waals surface area contributed by atoms with Crippen LogP contribution in [0.4, 0.5) is 10.5 Å². The first-order valence-electron chi connectivity index (χ1n) is 13.1. The van der Waals surface area contributed by atoms with Gasteiger partial charge in [-0.1, -0.05) is 30.3 Å². The minimum Gasteiger partial charge on any atom is -0.481 e. The Labute approximate surface area is 217 Å². The van der Waals surface area contributed by atoms with Crippen molar-refractivity contribution in [3.63, 3.8) is 0 Å². The third kappa shape index (κ3) is 4.70. The summed E-state index contributed by atoms with van der Waals surface area (Å²) in [5, 5.41) is 10.2. The summed E-state index contributed by atoms with van der Waals surface area (Å²) in [6.07, 6.45) is 5.60. The van der Waals surface area contributed by atoms with E-state index >= 15 is 0 Å². The molecular formula is C29H35N3O5. The van der Waals surface area contributed by atoms with Crippen molar-refractivity contribution in [2.24, 2.45) is 0 Å². The van der Waals surface area contributed by atoms with Crippen molar-refractivity contribution in [2.75, 3.05) is 19.1 Å². The Hall–Kier alpha value is -3.39. The summed E-state index contributed by atoms with van der Waals surface area (Å²) >= 11 is 0. The van der Waals surface area contributed by atoms with Crippen LogP contribution in [0.15, 0.2) is 42.5 Å². The summed E-state index contributed by atoms with van der Waals surface area (Å²) in [6.45, 7) is 2.03. The molecule has 37 heavy (non-hydrogen) atoms. The highest BCUT2D eigenvalue weighted by Gasteiger charge is 2.34. The molecule has 0 bridgehead atoms. The number of aromatic nitrogens is 2. The molecule has 1 fully saturated rings. The van der Waals surface area contributed by atoms with Crippen molar-refractivity contribution >= 4 is 28.8 Å². The number of hydrogen-bond donors (Lipinski definition) is 1. The van der Waals surface area contributed by atoms with Crippen LogP contribution in [0.25, 0.3) is 11.0 Å². The number of aliphatic carboxylic acids is 1. The number of anilines is 1. The molecule has 1 aliphatic heterocycles. The lowest BCUT2D eigenvalue weighted by atomic mass is 9.91. The van der Waals surface area contributed by atoms with Crippen LogP contribution >= 0.6 is 0 Å². The van der Waals surface area contributed by atoms with Crippen LogP contribution in [-0.2, 0) is 27.1 Å². The van der Waals surface area contributed by atoms with Gasteiger partial charge in [-0.05, 0) is 63.1 Å². The van der Waals surface area contributed by atoms with Crippen LogP contribution in [0.2, 0.25) is 0 Å². The molecule has 1 aromatic heterocycles. The van der Waals surface area contributed by atoms with Crippen molar-refractivity contribution in [3.05, 3.63) is 59.4 Å². The van der Waals surface area contributed by atoms with Gasteiger partial charge in [-0.25, -0.2) is 9.78 Å². The van der Waals surface area contributed by atoms with Gasteiger partial charge in [-0.2, -0.15) is 0 Å². The Bertz CT molecular complexity index is 1290. The van der Waals surface area contributed by atoms with Crippen LogP contribution in [0.5, 0.6) is 0 Å². The van der Waals surface area contributed by atoms with E-state index in [0.717, 1.165) is 72.2 Å². The lowest BCUT2D eigenvalue weighted by Gasteiger charge is -2.34. The second-order valence-electron chi connectivity index (χ2n) is 10.2. The van der Waals surface area contributed by atoms with E-state index in [2.05, 4.69) is 4.57 Å². The average Bonchev–Trinajstić information content (AvgIpc) is 3.30. The molecule has 2 aromatic carbocycles. The third-order valence-electron chi connectivity index (χ3n) is 8.08. The SMILES string of the molecule is COC(=O)N1c2ccc3c(nc(CC(C(=O)O)c4ccccc4)n3[C@@H]3CCC[C@H](OC)C3)c2CC[C@@H]1C. The summed E-state index contributed by atoms with van der Waals surface area (Å²) in [6, 6.07) is 13.6. The van der Waals surface area contributed by atoms with Crippen molar-refractivity contribution in [3.8, 4) is 0 Å². The number of benzene rings is 2. The number of amides is 1. The third-order valence-corrected chi connectivity index (χ3v) is 8.08. The quantitative estimate of drug-likeness (QED) is 0.476. The van der Waals surface area contributed by atoms with Crippen molar-refractivity contribution < 1.29 is 24.2 Å². The first kappa shape index (κ1) is 25.3. The van der Waals surface area contributed by atoms with Gasteiger partial charge in [0.05, 0.1) is 35.9 Å². The van der Waals surface area contributed by atoms with Gasteiger partial charge in [0.15, 0.2) is 0 Å². The smallest absolute Gasteiger partial charge is 0.414 e. The average molecular weight is 506 g/mol. The molecule has 0 spiro atoms. The maximum Gasteiger partial charge on any atom is 0.414 e. The summed E-state index contributed by atoms with van der Waals surface area (Å²) in [7, 11) is 3.16. The Morgan fingerprint density at radius 1 is 1.11 bits per heavy atom. The number of fused-ring (bicyclic) bond motifs is 3. The van der Waals surface area contributed by atoms with E-state index in [4.69, 9.17) is 14.5 Å². The lowest BCUT2D eigenvalue weighted by Crippen LogP contribution is -2.42. The van der Waals surface area contributed by atoms with Crippen LogP contribution in [0, 0.1) is 0 Å². The molecule has 1 aliphatic carbocycles. The monoisotopic (exact) mass is 505 g/mol. The van der Waals surface area contributed by atoms with Gasteiger partial charge >= 0.3 is 12.1 Å². The number of methoxy groups -OCH3 is 2. The predicted octanol–water partition coefficient (Wildman–Crippen LogP) is 5.48. The molecule has 1 saturated carbocycles. The number of imidazole rings is 1. The number of carboxylic acids is 1. The van der Waals surface area contributed by atoms with Gasteiger partial charge < -0.3 is 19.1 Å². The zero-order valence-corrected chi connectivity index (χ0v) is 21.7. The number of hydrogen-bond acceptors (Lipinski definition) is 5. The molecule has 2 heterocycles. The van der Waals surface area contributed by atoms with Crippen molar-refractivity contribution in [1.29, 1.82) is 0 Å². The fraction of sp³-hybridized carbons (Fsp3) is 0.483. The van der Waals surface area contributed by atoms with Gasteiger partial charge in [0, 0.05) is 31.2 Å². The standard InChI is InChI=1S/C29H35N3O5/c1-18-12-13-22-24(31(18)29(35)37-3)14-15-25-27(22)30-26(32(25)20-10-7-11-21(16-20)36-2)17-23(28(33)34)19-8-5-4-6-9-19/h4-6,8-9,14-15,18,20-21,23H,7,10-13,16-17H2,1-3H3,(H,33,34)/t18-,20+,21-,23?/m0/s1. The van der Waals surface area contributed by atoms with Gasteiger partial charge in [0.1, 0.15) is 5.82 Å². The second kappa shape index (κ2) is 10.5. The van der Waals surface area contributed by atoms with E-state index in [1.165, 1.54) is 7.11 Å². The van der Waals surface area contributed by atoms with Crippen molar-refractivity contribution in [1.82, 2.24) is 9.55 Å². The van der Waals surface area contributed by atoms with Gasteiger partial charge in [-0.15, -0.1) is 0 Å². The van der Waals surface area contributed by atoms with Crippen LogP contribution < -0.4 is 4.90 Å². The largest absolute Gasteiger partial charge is 0.481 e. The van der Waals surface area contributed by atoms with E-state index in [0.29, 0.717) is 0 Å². The molecule has 196 valence electrons. The van der Waals surface area contributed by atoms with Crippen LogP contribution in [-0.4, -0.2) is 53.1 Å². The number of carbonyl (C=O) groups excluding carboxylic acids is 1. The van der Waals surface area contributed by atoms with Gasteiger partial charge in [-0.3, -0.25) is 9.69 Å². The zero-order chi connectivity index (χ0) is 26.1. The highest BCUT2D eigenvalue weighted by Crippen LogP contribution is 2.40. The summed E-state index contributed by atoms with van der Waals surface area (Å²) in [5.74, 6) is -0.804. The Balaban J connectivity index is 1.66. The second-order valence-corrected chi connectivity index (χ2v) is 10.2. The van der Waals surface area contributed by atoms with Crippen LogP contribution in [0.3, 0.4) is 0 Å². The van der Waals surface area contributed by atoms with E-state index in [9.17, 15) is 14.7 Å². The Kier molecular flexibility index (Phi) is 7.20. The van der Waals surface area contributed by atoms with Gasteiger partial charge in [0.2, 0.25) is 0 Å². The molecule has 4 atom stereocenters. The summed E-state index contributed by atoms with van der Waals surface area (Å²) in [4.78, 5) is 31.9. The number of carboxylic acid groups (broad SMARTS) is 1. The summed E-state index contributed by atoms with van der Waals surface area (Å²) < 4.78 is 13.1. The molecule has 5 rings (SSSR count). The fourth-order valence-electron chi connectivity index (χ4n) is 6.16. The molecule has 0 saturated heterocycles. The molecule has 1 N–H and O–H groups in total. The van der Waals surface area contributed by atoms with E-state index in [1.807, 2.05) is 49.4 Å². The summed E-state index contributed by atoms with van der Waals surface area (Å²) in [5.41, 5.74) is 4.45. The van der Waals surface area contributed by atoms with Crippen LogP contribution in [0.1, 0.15) is 67.9 Å². The molecule has 1 amide bonds. The first-order valence-corrected chi connectivity index (χ1v) is 13.1. The van der Waals surface area contributed by atoms with E-state index in [1.54, 1.807) is 12.0 Å². The minimum atomic E-state index is -0.865. The lowest BCUT2D eigenvalue weighted by molar-refractivity contribution is -0.138. The Morgan fingerprint density at radius 3 is 2.59 bits per heavy atom. The number of nitrogens with zero attached hydrogens (tertiary/aromatic N) is 3. The normalized spacial score (nSPS) is 22.5. The predicted molar refractivity (Wildman–Crippen MR) is 141 cm³/mol. The molecular weight excluding hydrogens is 470 g/mol. The molecule has 3 aromatic rings. The number of rotatable bonds is 6. The first-order chi connectivity index (χ1) is 17.9. The molecule has 0 radical (unpaired) electrons. The molecule has 1 unspecified atom stereocenters. The fourth-order valence-corrected chi connectivity index (χ4v) is 6.16. The minimum absolute atomic E-state index is 0.0224. The Morgan fingerprint density at radius 2 is 1.89 bits per heavy atom. The van der Waals surface area contributed by atoms with Gasteiger partial charge in [0.25, 0.3) is 0 Å². The van der Waals surface area contributed by atoms with E-state index in [-0.39, 0.29) is 30.7 Å². The number of aryl methyl sites for hydroxylation is 1. The molecule has 8 nitrogen and oxygen atoms in total. The maximum atomic E-state index is 12.6. The number of ether oxygens (including phenoxy) is 2. The molecule has 2 aliphatic rings. The zero-order valence-electron chi connectivity index (χ0n) is 21.7. The molecule has 8 heteroatoms. The number of carbonyl (C=O) groups is 2. The highest BCUT2D eigenvalue weighted by atomic mass is 16.5.